The van der Waals surface area contributed by atoms with Gasteiger partial charge in [-0.15, -0.1) is 5.10 Å². The molecule has 0 aliphatic carbocycles. The molecule has 3 aromatic heterocycles. The molecule has 0 unspecified atom stereocenters. The van der Waals surface area contributed by atoms with Crippen molar-refractivity contribution in [3.8, 4) is 29.1 Å². The van der Waals surface area contributed by atoms with Crippen LogP contribution in [0.15, 0.2) is 35.5 Å². The van der Waals surface area contributed by atoms with Gasteiger partial charge in [0.2, 0.25) is 34.5 Å². The number of nitrogens with zero attached hydrogens (tertiary/aromatic N) is 5. The molecule has 15 heteroatoms. The zero-order valence-corrected chi connectivity index (χ0v) is 18.6. The number of hydrogen-bond donors (Lipinski definition) is 1. The fourth-order valence-corrected chi connectivity index (χ4v) is 4.20. The predicted octanol–water partition coefficient (Wildman–Crippen LogP) is 2.37. The molecule has 11 nitrogen and oxygen atoms in total. The van der Waals surface area contributed by atoms with Crippen LogP contribution in [0.25, 0.3) is 22.5 Å². The summed E-state index contributed by atoms with van der Waals surface area (Å²) in [5.41, 5.74) is 0.261. The van der Waals surface area contributed by atoms with Gasteiger partial charge in [-0.2, -0.15) is 14.4 Å². The summed E-state index contributed by atoms with van der Waals surface area (Å²) in [6.45, 7) is -1.21. The molecule has 0 aliphatic rings. The molecule has 0 radical (unpaired) electrons. The maximum atomic E-state index is 13.7. The SMILES string of the molecule is COc1nc(-n2cc(S(N)(=O)=O)c3ccc(Cl)c(-n4ccc(F)n4)c32)nc(OC)c1OCF. The van der Waals surface area contributed by atoms with Crippen molar-refractivity contribution >= 4 is 32.5 Å². The van der Waals surface area contributed by atoms with Gasteiger partial charge in [0.1, 0.15) is 10.6 Å². The lowest BCUT2D eigenvalue weighted by atomic mass is 10.2. The second kappa shape index (κ2) is 8.46. The van der Waals surface area contributed by atoms with E-state index in [1.54, 1.807) is 0 Å². The number of nitrogens with two attached hydrogens (primary N) is 1. The zero-order valence-electron chi connectivity index (χ0n) is 17.0. The van der Waals surface area contributed by atoms with E-state index in [2.05, 4.69) is 15.1 Å². The molecule has 0 saturated carbocycles. The minimum absolute atomic E-state index is 0.113. The Labute approximate surface area is 190 Å². The van der Waals surface area contributed by atoms with Crippen LogP contribution in [0.2, 0.25) is 5.02 Å². The molecular weight excluding hydrogens is 486 g/mol. The Hall–Kier alpha value is -3.49. The van der Waals surface area contributed by atoms with E-state index in [4.69, 9.17) is 31.0 Å². The van der Waals surface area contributed by atoms with Gasteiger partial charge in [0.05, 0.1) is 24.8 Å². The lowest BCUT2D eigenvalue weighted by Gasteiger charge is -2.14. The number of rotatable bonds is 7. The largest absolute Gasteiger partial charge is 0.478 e. The summed E-state index contributed by atoms with van der Waals surface area (Å²) in [5.74, 6) is -1.54. The van der Waals surface area contributed by atoms with Gasteiger partial charge >= 0.3 is 0 Å². The first-order chi connectivity index (χ1) is 15.7. The molecular formula is C18H15ClF2N6O5S. The molecule has 4 aromatic rings. The lowest BCUT2D eigenvalue weighted by molar-refractivity contribution is 0.173. The average molecular weight is 501 g/mol. The van der Waals surface area contributed by atoms with Crippen molar-refractivity contribution < 1.29 is 31.4 Å². The first-order valence-corrected chi connectivity index (χ1v) is 10.9. The quantitative estimate of drug-likeness (QED) is 0.408. The molecule has 2 N–H and O–H groups in total. The van der Waals surface area contributed by atoms with Crippen molar-refractivity contribution in [2.45, 2.75) is 4.90 Å². The maximum absolute atomic E-state index is 13.7. The van der Waals surface area contributed by atoms with E-state index in [-0.39, 0.29) is 50.0 Å². The highest BCUT2D eigenvalue weighted by Gasteiger charge is 2.26. The van der Waals surface area contributed by atoms with Crippen LogP contribution in [-0.4, -0.2) is 53.8 Å². The monoisotopic (exact) mass is 500 g/mol. The Morgan fingerprint density at radius 2 is 1.82 bits per heavy atom. The third kappa shape index (κ3) is 3.92. The van der Waals surface area contributed by atoms with Crippen molar-refractivity contribution in [1.82, 2.24) is 24.3 Å². The Kier molecular flexibility index (Phi) is 5.82. The molecule has 0 amide bonds. The van der Waals surface area contributed by atoms with E-state index in [1.165, 1.54) is 37.1 Å². The normalized spacial score (nSPS) is 11.7. The zero-order chi connectivity index (χ0) is 23.9. The smallest absolute Gasteiger partial charge is 0.266 e. The van der Waals surface area contributed by atoms with Crippen LogP contribution in [0.3, 0.4) is 0 Å². The predicted molar refractivity (Wildman–Crippen MR) is 112 cm³/mol. The van der Waals surface area contributed by atoms with Gasteiger partial charge in [-0.05, 0) is 12.1 Å². The van der Waals surface area contributed by atoms with Gasteiger partial charge in [0, 0.05) is 23.8 Å². The van der Waals surface area contributed by atoms with Crippen molar-refractivity contribution in [2.24, 2.45) is 5.14 Å². The Morgan fingerprint density at radius 1 is 1.15 bits per heavy atom. The van der Waals surface area contributed by atoms with E-state index in [1.807, 2.05) is 0 Å². The Bertz CT molecular complexity index is 1450. The van der Waals surface area contributed by atoms with Crippen LogP contribution < -0.4 is 19.3 Å². The fourth-order valence-electron chi connectivity index (χ4n) is 3.24. The molecule has 174 valence electrons. The van der Waals surface area contributed by atoms with Gasteiger partial charge in [-0.1, -0.05) is 11.6 Å². The Morgan fingerprint density at radius 3 is 2.33 bits per heavy atom. The Balaban J connectivity index is 2.13. The van der Waals surface area contributed by atoms with Gasteiger partial charge < -0.3 is 14.2 Å². The first kappa shape index (κ1) is 22.7. The maximum Gasteiger partial charge on any atom is 0.266 e. The van der Waals surface area contributed by atoms with Gasteiger partial charge in [-0.3, -0.25) is 4.57 Å². The summed E-state index contributed by atoms with van der Waals surface area (Å²) in [5, 5.41) is 9.39. The first-order valence-electron chi connectivity index (χ1n) is 8.96. The molecule has 4 rings (SSSR count). The minimum Gasteiger partial charge on any atom is -0.478 e. The van der Waals surface area contributed by atoms with E-state index in [0.29, 0.717) is 0 Å². The van der Waals surface area contributed by atoms with E-state index >= 15 is 0 Å². The third-order valence-electron chi connectivity index (χ3n) is 4.54. The highest BCUT2D eigenvalue weighted by Crippen LogP contribution is 2.38. The minimum atomic E-state index is -4.23. The molecule has 0 bridgehead atoms. The van der Waals surface area contributed by atoms with Crippen LogP contribution >= 0.6 is 11.6 Å². The van der Waals surface area contributed by atoms with Crippen molar-refractivity contribution in [3.05, 3.63) is 41.6 Å². The molecule has 0 fully saturated rings. The van der Waals surface area contributed by atoms with Gasteiger partial charge in [0.25, 0.3) is 11.8 Å². The highest BCUT2D eigenvalue weighted by atomic mass is 35.5. The molecule has 33 heavy (non-hydrogen) atoms. The molecule has 0 atom stereocenters. The number of sulfonamides is 1. The number of methoxy groups -OCH3 is 2. The fraction of sp³-hybridized carbons (Fsp3) is 0.167. The standard InChI is InChI=1S/C18H15ClF2N6O5S/c1-30-16-15(32-8-20)17(31-2)24-18(23-16)26-7-11(33(22,28)29)9-3-4-10(19)14(13(9)26)27-6-5-12(21)25-27/h3-7H,8H2,1-2H3,(H2,22,28,29). The van der Waals surface area contributed by atoms with Crippen LogP contribution in [0.1, 0.15) is 0 Å². The third-order valence-corrected chi connectivity index (χ3v) is 5.78. The van der Waals surface area contributed by atoms with Crippen molar-refractivity contribution in [1.29, 1.82) is 0 Å². The second-order valence-electron chi connectivity index (χ2n) is 6.41. The number of benzene rings is 1. The summed E-state index contributed by atoms with van der Waals surface area (Å²) in [6.07, 6.45) is 2.45. The number of hydrogen-bond acceptors (Lipinski definition) is 8. The summed E-state index contributed by atoms with van der Waals surface area (Å²) in [6, 6.07) is 3.93. The molecule has 0 spiro atoms. The van der Waals surface area contributed by atoms with Crippen LogP contribution in [-0.2, 0) is 10.0 Å². The number of primary sulfonamides is 1. The van der Waals surface area contributed by atoms with Crippen molar-refractivity contribution in [2.75, 3.05) is 21.1 Å². The van der Waals surface area contributed by atoms with Gasteiger partial charge in [-0.25, -0.2) is 22.6 Å². The topological polar surface area (TPSA) is 136 Å². The number of ether oxygens (including phenoxy) is 3. The number of halogens is 3. The van der Waals surface area contributed by atoms with Crippen molar-refractivity contribution in [3.63, 3.8) is 0 Å². The molecule has 3 heterocycles. The average Bonchev–Trinajstić information content (AvgIpc) is 3.37. The van der Waals surface area contributed by atoms with E-state index in [0.717, 1.165) is 16.9 Å². The van der Waals surface area contributed by atoms with Gasteiger partial charge in [0.15, 0.2) is 0 Å². The summed E-state index contributed by atoms with van der Waals surface area (Å²) >= 11 is 6.38. The second-order valence-corrected chi connectivity index (χ2v) is 8.35. The molecule has 0 aliphatic heterocycles. The van der Waals surface area contributed by atoms with E-state index in [9.17, 15) is 17.2 Å². The molecule has 0 saturated heterocycles. The number of fused-ring (bicyclic) bond motifs is 1. The van der Waals surface area contributed by atoms with Crippen LogP contribution in [0.4, 0.5) is 8.78 Å². The summed E-state index contributed by atoms with van der Waals surface area (Å²) in [4.78, 5) is 8.08. The summed E-state index contributed by atoms with van der Waals surface area (Å²) < 4.78 is 68.7. The number of aromatic nitrogens is 5. The lowest BCUT2D eigenvalue weighted by Crippen LogP contribution is -2.11. The van der Waals surface area contributed by atoms with E-state index < -0.39 is 22.8 Å². The van der Waals surface area contributed by atoms with Crippen LogP contribution in [0.5, 0.6) is 17.5 Å². The van der Waals surface area contributed by atoms with Crippen LogP contribution in [0, 0.1) is 5.95 Å². The highest BCUT2D eigenvalue weighted by molar-refractivity contribution is 7.89. The molecule has 1 aromatic carbocycles. The number of alkyl halides is 1. The summed E-state index contributed by atoms with van der Waals surface area (Å²) in [7, 11) is -1.71.